The van der Waals surface area contributed by atoms with Gasteiger partial charge in [-0.05, 0) is 61.9 Å². The first-order valence-corrected chi connectivity index (χ1v) is 15.1. The zero-order valence-electron chi connectivity index (χ0n) is 23.6. The quantitative estimate of drug-likeness (QED) is 0.373. The van der Waals surface area contributed by atoms with E-state index in [1.54, 1.807) is 42.9 Å². The zero-order chi connectivity index (χ0) is 29.3. The summed E-state index contributed by atoms with van der Waals surface area (Å²) in [6, 6.07) is 5.77. The Bertz CT molecular complexity index is 1420. The summed E-state index contributed by atoms with van der Waals surface area (Å²) in [4.78, 5) is 46.9. The maximum absolute atomic E-state index is 13.0. The molecule has 216 valence electrons. The molecular weight excluding hydrogens is 562 g/mol. The minimum absolute atomic E-state index is 0.0821. The third kappa shape index (κ3) is 5.25. The van der Waals surface area contributed by atoms with Crippen LogP contribution >= 0.6 is 22.7 Å². The number of aromatic nitrogens is 4. The first-order chi connectivity index (χ1) is 19.7. The van der Waals surface area contributed by atoms with Crippen molar-refractivity contribution in [3.63, 3.8) is 0 Å². The number of likely N-dealkylation sites (tertiary alicyclic amines) is 1. The molecule has 1 saturated heterocycles. The number of amides is 3. The van der Waals surface area contributed by atoms with E-state index in [0.29, 0.717) is 54.4 Å². The first kappa shape index (κ1) is 28.8. The number of aromatic amines is 1. The van der Waals surface area contributed by atoms with Gasteiger partial charge in [0.05, 0.1) is 22.4 Å². The van der Waals surface area contributed by atoms with E-state index in [9.17, 15) is 19.6 Å². The highest BCUT2D eigenvalue weighted by atomic mass is 32.1. The molecule has 2 N–H and O–H groups in total. The van der Waals surface area contributed by atoms with E-state index in [1.807, 2.05) is 12.1 Å². The van der Waals surface area contributed by atoms with Crippen LogP contribution in [0, 0.1) is 11.3 Å². The van der Waals surface area contributed by atoms with Gasteiger partial charge in [0, 0.05) is 44.5 Å². The standard InChI is InChI=1S/C27H33N9O3S2/c1-34(2)24(38)19-12-16-7-8-17-13-20(25(39)35(3)4)41-23(17)27(22(16)40-19,26-30-32-33-31-26)9-10-29-15-21(37)36-11-5-6-18(36)14-28/h12-13,18,29H,5-11,15H2,1-4H3,(H,30,31,32,33)/t18-/m0/s1. The van der Waals surface area contributed by atoms with Crippen molar-refractivity contribution in [3.05, 3.63) is 48.6 Å². The first-order valence-electron chi connectivity index (χ1n) is 13.5. The highest BCUT2D eigenvalue weighted by molar-refractivity contribution is 7.16. The average molecular weight is 596 g/mol. The van der Waals surface area contributed by atoms with E-state index in [4.69, 9.17) is 0 Å². The summed E-state index contributed by atoms with van der Waals surface area (Å²) in [6.07, 6.45) is 3.39. The molecule has 3 aromatic rings. The molecule has 0 aromatic carbocycles. The van der Waals surface area contributed by atoms with Gasteiger partial charge in [-0.3, -0.25) is 14.4 Å². The number of H-pyrrole nitrogens is 1. The summed E-state index contributed by atoms with van der Waals surface area (Å²) >= 11 is 2.85. The number of rotatable bonds is 8. The van der Waals surface area contributed by atoms with Crippen molar-refractivity contribution in [2.75, 3.05) is 47.8 Å². The number of fused-ring (bicyclic) bond motifs is 2. The second-order valence-electron chi connectivity index (χ2n) is 10.8. The Balaban J connectivity index is 1.55. The van der Waals surface area contributed by atoms with Crippen molar-refractivity contribution in [1.29, 1.82) is 5.26 Å². The third-order valence-electron chi connectivity index (χ3n) is 7.69. The monoisotopic (exact) mass is 595 g/mol. The number of tetrazole rings is 1. The molecule has 41 heavy (non-hydrogen) atoms. The van der Waals surface area contributed by atoms with Crippen molar-refractivity contribution < 1.29 is 14.4 Å². The van der Waals surface area contributed by atoms with Gasteiger partial charge in [0.15, 0.2) is 5.82 Å². The normalized spacial score (nSPS) is 17.3. The lowest BCUT2D eigenvalue weighted by atomic mass is 9.78. The molecule has 4 heterocycles. The van der Waals surface area contributed by atoms with Crippen LogP contribution in [-0.4, -0.2) is 107 Å². The minimum atomic E-state index is -0.891. The number of nitrogens with one attached hydrogen (secondary N) is 2. The van der Waals surface area contributed by atoms with Crippen molar-refractivity contribution in [2.45, 2.75) is 43.6 Å². The molecule has 0 radical (unpaired) electrons. The molecule has 1 aliphatic carbocycles. The number of nitrogens with zero attached hydrogens (tertiary/aromatic N) is 7. The van der Waals surface area contributed by atoms with Gasteiger partial charge in [-0.1, -0.05) is 5.21 Å². The second kappa shape index (κ2) is 11.7. The smallest absolute Gasteiger partial charge is 0.263 e. The third-order valence-corrected chi connectivity index (χ3v) is 10.3. The van der Waals surface area contributed by atoms with Crippen LogP contribution < -0.4 is 5.32 Å². The predicted octanol–water partition coefficient (Wildman–Crippen LogP) is 1.65. The van der Waals surface area contributed by atoms with Crippen LogP contribution in [0.1, 0.15) is 65.3 Å². The Morgan fingerprint density at radius 2 is 1.71 bits per heavy atom. The molecule has 1 fully saturated rings. The molecule has 3 aromatic heterocycles. The number of hydrogen-bond donors (Lipinski definition) is 2. The molecule has 3 amide bonds. The second-order valence-corrected chi connectivity index (χ2v) is 12.9. The molecule has 5 rings (SSSR count). The molecule has 14 heteroatoms. The van der Waals surface area contributed by atoms with E-state index in [2.05, 4.69) is 32.0 Å². The number of carbonyl (C=O) groups is 3. The van der Waals surface area contributed by atoms with Gasteiger partial charge in [-0.2, -0.15) is 10.5 Å². The van der Waals surface area contributed by atoms with Crippen LogP contribution in [0.25, 0.3) is 0 Å². The van der Waals surface area contributed by atoms with E-state index >= 15 is 0 Å². The molecule has 0 bridgehead atoms. The van der Waals surface area contributed by atoms with Crippen LogP contribution in [0.3, 0.4) is 0 Å². The van der Waals surface area contributed by atoms with Gasteiger partial charge in [0.1, 0.15) is 11.5 Å². The molecule has 1 atom stereocenters. The van der Waals surface area contributed by atoms with Crippen LogP contribution in [0.15, 0.2) is 12.1 Å². The van der Waals surface area contributed by atoms with Gasteiger partial charge in [0.25, 0.3) is 11.8 Å². The maximum atomic E-state index is 13.0. The van der Waals surface area contributed by atoms with Crippen molar-refractivity contribution in [3.8, 4) is 6.07 Å². The average Bonchev–Trinajstić information content (AvgIpc) is 3.77. The summed E-state index contributed by atoms with van der Waals surface area (Å²) in [5, 5.41) is 28.1. The van der Waals surface area contributed by atoms with Crippen LogP contribution in [0.4, 0.5) is 0 Å². The largest absolute Gasteiger partial charge is 0.344 e. The predicted molar refractivity (Wildman–Crippen MR) is 154 cm³/mol. The molecule has 1 aliphatic heterocycles. The SMILES string of the molecule is CN(C)C(=O)c1cc2c(s1)C(CCNCC(=O)N1CCC[C@H]1C#N)(c1nn[nH]n1)c1sc(C(=O)N(C)C)cc1CC2. The fourth-order valence-corrected chi connectivity index (χ4v) is 8.60. The van der Waals surface area contributed by atoms with E-state index in [1.165, 1.54) is 22.7 Å². The summed E-state index contributed by atoms with van der Waals surface area (Å²) < 4.78 is 0. The van der Waals surface area contributed by atoms with Gasteiger partial charge >= 0.3 is 0 Å². The zero-order valence-corrected chi connectivity index (χ0v) is 25.2. The van der Waals surface area contributed by atoms with E-state index in [0.717, 1.165) is 27.3 Å². The van der Waals surface area contributed by atoms with Gasteiger partial charge < -0.3 is 20.0 Å². The number of carbonyl (C=O) groups excluding carboxylic acids is 3. The summed E-state index contributed by atoms with van der Waals surface area (Å²) in [5.74, 6) is 0.188. The lowest BCUT2D eigenvalue weighted by Gasteiger charge is -2.30. The highest BCUT2D eigenvalue weighted by Crippen LogP contribution is 2.51. The molecule has 12 nitrogen and oxygen atoms in total. The van der Waals surface area contributed by atoms with Gasteiger partial charge in [-0.15, -0.1) is 32.9 Å². The van der Waals surface area contributed by atoms with Crippen molar-refractivity contribution in [1.82, 2.24) is 40.6 Å². The summed E-state index contributed by atoms with van der Waals surface area (Å²) in [6.45, 7) is 1.12. The Labute approximate surface area is 246 Å². The van der Waals surface area contributed by atoms with Crippen LogP contribution in [-0.2, 0) is 23.1 Å². The van der Waals surface area contributed by atoms with Crippen LogP contribution in [0.5, 0.6) is 0 Å². The van der Waals surface area contributed by atoms with Crippen LogP contribution in [0.2, 0.25) is 0 Å². The van der Waals surface area contributed by atoms with E-state index < -0.39 is 5.41 Å². The Hall–Kier alpha value is -3.67. The van der Waals surface area contributed by atoms with Crippen molar-refractivity contribution >= 4 is 40.4 Å². The lowest BCUT2D eigenvalue weighted by Crippen LogP contribution is -2.42. The topological polar surface area (TPSA) is 151 Å². The van der Waals surface area contributed by atoms with Crippen molar-refractivity contribution in [2.24, 2.45) is 0 Å². The minimum Gasteiger partial charge on any atom is -0.344 e. The summed E-state index contributed by atoms with van der Waals surface area (Å²) in [5.41, 5.74) is 1.19. The molecule has 0 saturated carbocycles. The molecule has 0 unspecified atom stereocenters. The highest BCUT2D eigenvalue weighted by Gasteiger charge is 2.47. The van der Waals surface area contributed by atoms with E-state index in [-0.39, 0.29) is 30.3 Å². The number of hydrogen-bond acceptors (Lipinski definition) is 10. The number of nitriles is 1. The fraction of sp³-hybridized carbons (Fsp3) is 0.519. The Kier molecular flexibility index (Phi) is 8.21. The molecule has 0 spiro atoms. The fourth-order valence-electron chi connectivity index (χ4n) is 5.63. The number of thiophene rings is 2. The number of aryl methyl sites for hydroxylation is 2. The molecular formula is C27H33N9O3S2. The Morgan fingerprint density at radius 3 is 2.22 bits per heavy atom. The Morgan fingerprint density at radius 1 is 1.10 bits per heavy atom. The maximum Gasteiger partial charge on any atom is 0.263 e. The van der Waals surface area contributed by atoms with Gasteiger partial charge in [-0.25, -0.2) is 0 Å². The van der Waals surface area contributed by atoms with Gasteiger partial charge in [0.2, 0.25) is 5.91 Å². The lowest BCUT2D eigenvalue weighted by molar-refractivity contribution is -0.130. The molecule has 2 aliphatic rings. The summed E-state index contributed by atoms with van der Waals surface area (Å²) in [7, 11) is 6.92.